The average molecular weight is 189 g/mol. The summed E-state index contributed by atoms with van der Waals surface area (Å²) in [6, 6.07) is 0. The van der Waals surface area contributed by atoms with E-state index in [1.807, 2.05) is 0 Å². The van der Waals surface area contributed by atoms with Crippen LogP contribution in [0.3, 0.4) is 0 Å². The molecular weight excluding hydrogens is 166 g/mol. The number of nitrogens with two attached hydrogens (primary N) is 1. The van der Waals surface area contributed by atoms with E-state index in [-0.39, 0.29) is 0 Å². The molecule has 0 heterocycles. The zero-order valence-electron chi connectivity index (χ0n) is 8.92. The molecule has 0 saturated heterocycles. The second-order valence-corrected chi connectivity index (χ2v) is 3.37. The summed E-state index contributed by atoms with van der Waals surface area (Å²) in [5.74, 6) is 0.666. The van der Waals surface area contributed by atoms with Crippen molar-refractivity contribution < 1.29 is 9.47 Å². The van der Waals surface area contributed by atoms with Crippen molar-refractivity contribution in [2.75, 3.05) is 33.0 Å². The van der Waals surface area contributed by atoms with Gasteiger partial charge in [0.1, 0.15) is 0 Å². The lowest BCUT2D eigenvalue weighted by atomic mass is 10.1. The molecule has 3 heteroatoms. The van der Waals surface area contributed by atoms with Gasteiger partial charge in [-0.15, -0.1) is 0 Å². The maximum absolute atomic E-state index is 5.43. The number of rotatable bonds is 9. The summed E-state index contributed by atoms with van der Waals surface area (Å²) in [7, 11) is 0. The molecule has 0 rings (SSSR count). The molecule has 0 saturated carbocycles. The van der Waals surface area contributed by atoms with Gasteiger partial charge in [-0.25, -0.2) is 0 Å². The van der Waals surface area contributed by atoms with Crippen molar-refractivity contribution >= 4 is 0 Å². The van der Waals surface area contributed by atoms with Gasteiger partial charge in [0.2, 0.25) is 0 Å². The van der Waals surface area contributed by atoms with E-state index in [0.29, 0.717) is 32.3 Å². The molecule has 0 aliphatic heterocycles. The third-order valence-corrected chi connectivity index (χ3v) is 1.82. The third kappa shape index (κ3) is 9.80. The lowest BCUT2D eigenvalue weighted by Crippen LogP contribution is -2.14. The van der Waals surface area contributed by atoms with Gasteiger partial charge in [0.05, 0.1) is 19.8 Å². The van der Waals surface area contributed by atoms with Crippen molar-refractivity contribution in [3.05, 3.63) is 0 Å². The van der Waals surface area contributed by atoms with Gasteiger partial charge in [-0.1, -0.05) is 20.3 Å². The Hall–Kier alpha value is -0.120. The molecule has 0 aliphatic rings. The molecule has 0 aromatic rings. The minimum atomic E-state index is 0.590. The number of hydrogen-bond acceptors (Lipinski definition) is 3. The van der Waals surface area contributed by atoms with Crippen molar-refractivity contribution in [3.63, 3.8) is 0 Å². The largest absolute Gasteiger partial charge is 0.379 e. The van der Waals surface area contributed by atoms with Crippen LogP contribution in [0.5, 0.6) is 0 Å². The Morgan fingerprint density at radius 1 is 1.15 bits per heavy atom. The smallest absolute Gasteiger partial charge is 0.0701 e. The molecule has 0 aromatic heterocycles. The van der Waals surface area contributed by atoms with Crippen LogP contribution in [0, 0.1) is 5.92 Å². The monoisotopic (exact) mass is 189 g/mol. The molecule has 1 unspecified atom stereocenters. The highest BCUT2D eigenvalue weighted by atomic mass is 16.5. The maximum atomic E-state index is 5.43. The van der Waals surface area contributed by atoms with E-state index >= 15 is 0 Å². The summed E-state index contributed by atoms with van der Waals surface area (Å²) in [5.41, 5.74) is 5.27. The van der Waals surface area contributed by atoms with Gasteiger partial charge in [-0.3, -0.25) is 0 Å². The highest BCUT2D eigenvalue weighted by Crippen LogP contribution is 2.04. The fraction of sp³-hybridized carbons (Fsp3) is 1.00. The van der Waals surface area contributed by atoms with Gasteiger partial charge in [0.25, 0.3) is 0 Å². The van der Waals surface area contributed by atoms with Crippen molar-refractivity contribution in [1.82, 2.24) is 0 Å². The van der Waals surface area contributed by atoms with E-state index < -0.39 is 0 Å². The predicted molar refractivity (Wildman–Crippen MR) is 54.8 cm³/mol. The normalized spacial score (nSPS) is 13.2. The van der Waals surface area contributed by atoms with Crippen LogP contribution in [0.4, 0.5) is 0 Å². The molecule has 2 N–H and O–H groups in total. The number of ether oxygens (including phenoxy) is 2. The molecule has 13 heavy (non-hydrogen) atoms. The van der Waals surface area contributed by atoms with Crippen molar-refractivity contribution in [3.8, 4) is 0 Å². The molecular formula is C10H23NO2. The summed E-state index contributed by atoms with van der Waals surface area (Å²) in [6.45, 7) is 7.83. The van der Waals surface area contributed by atoms with Gasteiger partial charge in [0, 0.05) is 13.2 Å². The first-order valence-corrected chi connectivity index (χ1v) is 5.16. The molecule has 1 atom stereocenters. The van der Waals surface area contributed by atoms with E-state index in [0.717, 1.165) is 6.61 Å². The third-order valence-electron chi connectivity index (χ3n) is 1.82. The van der Waals surface area contributed by atoms with Crippen LogP contribution in [0.15, 0.2) is 0 Å². The Labute approximate surface area is 81.6 Å². The summed E-state index contributed by atoms with van der Waals surface area (Å²) in [4.78, 5) is 0. The standard InChI is InChI=1S/C10H23NO2/c1-3-4-10(2)9-13-8-7-12-6-5-11/h10H,3-9,11H2,1-2H3. The van der Waals surface area contributed by atoms with E-state index in [4.69, 9.17) is 15.2 Å². The molecule has 80 valence electrons. The Balaban J connectivity index is 2.97. The minimum Gasteiger partial charge on any atom is -0.379 e. The SMILES string of the molecule is CCCC(C)COCCOCCN. The van der Waals surface area contributed by atoms with Gasteiger partial charge >= 0.3 is 0 Å². The summed E-state index contributed by atoms with van der Waals surface area (Å²) >= 11 is 0. The van der Waals surface area contributed by atoms with E-state index in [9.17, 15) is 0 Å². The molecule has 0 aliphatic carbocycles. The van der Waals surface area contributed by atoms with Crippen molar-refractivity contribution in [2.45, 2.75) is 26.7 Å². The fourth-order valence-electron chi connectivity index (χ4n) is 1.16. The van der Waals surface area contributed by atoms with Gasteiger partial charge in [-0.2, -0.15) is 0 Å². The zero-order valence-corrected chi connectivity index (χ0v) is 8.92. The molecule has 0 bridgehead atoms. The van der Waals surface area contributed by atoms with E-state index in [2.05, 4.69) is 13.8 Å². The van der Waals surface area contributed by atoms with Gasteiger partial charge in [-0.05, 0) is 12.3 Å². The Kier molecular flexibility index (Phi) is 9.87. The molecule has 0 spiro atoms. The van der Waals surface area contributed by atoms with Crippen LogP contribution in [0.2, 0.25) is 0 Å². The Morgan fingerprint density at radius 3 is 2.46 bits per heavy atom. The quantitative estimate of drug-likeness (QED) is 0.558. The van der Waals surface area contributed by atoms with E-state index in [1.54, 1.807) is 0 Å². The molecule has 0 aromatic carbocycles. The van der Waals surface area contributed by atoms with Crippen LogP contribution < -0.4 is 5.73 Å². The lowest BCUT2D eigenvalue weighted by Gasteiger charge is -2.10. The Bertz CT molecular complexity index is 98.9. The fourth-order valence-corrected chi connectivity index (χ4v) is 1.16. The second kappa shape index (κ2) is 9.96. The van der Waals surface area contributed by atoms with Gasteiger partial charge in [0.15, 0.2) is 0 Å². The van der Waals surface area contributed by atoms with Crippen molar-refractivity contribution in [2.24, 2.45) is 11.7 Å². The molecule has 3 nitrogen and oxygen atoms in total. The molecule has 0 fully saturated rings. The van der Waals surface area contributed by atoms with Crippen LogP contribution in [0.1, 0.15) is 26.7 Å². The van der Waals surface area contributed by atoms with Crippen LogP contribution in [-0.2, 0) is 9.47 Å². The van der Waals surface area contributed by atoms with Crippen molar-refractivity contribution in [1.29, 1.82) is 0 Å². The van der Waals surface area contributed by atoms with Crippen LogP contribution in [0.25, 0.3) is 0 Å². The topological polar surface area (TPSA) is 44.5 Å². The summed E-state index contributed by atoms with van der Waals surface area (Å²) in [5, 5.41) is 0. The van der Waals surface area contributed by atoms with Crippen LogP contribution >= 0.6 is 0 Å². The lowest BCUT2D eigenvalue weighted by molar-refractivity contribution is 0.0369. The summed E-state index contributed by atoms with van der Waals surface area (Å²) in [6.07, 6.45) is 2.47. The summed E-state index contributed by atoms with van der Waals surface area (Å²) < 4.78 is 10.6. The number of hydrogen-bond donors (Lipinski definition) is 1. The molecule has 0 radical (unpaired) electrons. The maximum Gasteiger partial charge on any atom is 0.0701 e. The molecule has 0 amide bonds. The second-order valence-electron chi connectivity index (χ2n) is 3.37. The first kappa shape index (κ1) is 12.9. The average Bonchev–Trinajstić information content (AvgIpc) is 2.11. The van der Waals surface area contributed by atoms with Crippen LogP contribution in [-0.4, -0.2) is 33.0 Å². The van der Waals surface area contributed by atoms with E-state index in [1.165, 1.54) is 12.8 Å². The van der Waals surface area contributed by atoms with Gasteiger partial charge < -0.3 is 15.2 Å². The highest BCUT2D eigenvalue weighted by Gasteiger charge is 1.99. The first-order valence-electron chi connectivity index (χ1n) is 5.16. The zero-order chi connectivity index (χ0) is 9.94. The minimum absolute atomic E-state index is 0.590. The highest BCUT2D eigenvalue weighted by molar-refractivity contribution is 4.48. The predicted octanol–water partition coefficient (Wildman–Crippen LogP) is 1.41. The first-order chi connectivity index (χ1) is 6.31. The Morgan fingerprint density at radius 2 is 1.85 bits per heavy atom.